The summed E-state index contributed by atoms with van der Waals surface area (Å²) in [6.07, 6.45) is 2.25. The zero-order valence-electron chi connectivity index (χ0n) is 25.7. The predicted octanol–water partition coefficient (Wildman–Crippen LogP) is 8.35. The van der Waals surface area contributed by atoms with Crippen LogP contribution in [0.5, 0.6) is 0 Å². The molecule has 0 spiro atoms. The number of hydrogen-bond acceptors (Lipinski definition) is 6. The van der Waals surface area contributed by atoms with Gasteiger partial charge < -0.3 is 16.0 Å². The average Bonchev–Trinajstić information content (AvgIpc) is 3.43. The number of anilines is 2. The molecule has 0 aliphatic carbocycles. The molecular weight excluding hydrogens is 613 g/mol. The molecular formula is C37H34N4O3S2. The van der Waals surface area contributed by atoms with Crippen LogP contribution in [-0.4, -0.2) is 28.0 Å². The van der Waals surface area contributed by atoms with E-state index in [-0.39, 0.29) is 22.8 Å². The zero-order valence-corrected chi connectivity index (χ0v) is 27.4. The Balaban J connectivity index is 1.29. The highest BCUT2D eigenvalue weighted by molar-refractivity contribution is 8.00. The normalized spacial score (nSPS) is 11.8. The Morgan fingerprint density at radius 1 is 0.848 bits per heavy atom. The number of aromatic nitrogens is 1. The van der Waals surface area contributed by atoms with Crippen molar-refractivity contribution in [3.8, 4) is 11.3 Å². The van der Waals surface area contributed by atoms with E-state index in [0.717, 1.165) is 32.2 Å². The highest BCUT2D eigenvalue weighted by Gasteiger charge is 2.21. The number of thiazole rings is 1. The number of thioether (sulfide) groups is 1. The van der Waals surface area contributed by atoms with Crippen molar-refractivity contribution in [3.63, 3.8) is 0 Å². The molecule has 4 aromatic carbocycles. The van der Waals surface area contributed by atoms with Gasteiger partial charge in [-0.2, -0.15) is 0 Å². The summed E-state index contributed by atoms with van der Waals surface area (Å²) in [5, 5.41) is 8.87. The van der Waals surface area contributed by atoms with E-state index in [1.807, 2.05) is 99.6 Å². The number of nitrogens with one attached hydrogen (secondary N) is 3. The van der Waals surface area contributed by atoms with Crippen LogP contribution < -0.4 is 16.0 Å². The van der Waals surface area contributed by atoms with E-state index in [2.05, 4.69) is 20.9 Å². The van der Waals surface area contributed by atoms with Gasteiger partial charge in [-0.05, 0) is 62.2 Å². The highest BCUT2D eigenvalue weighted by atomic mass is 32.2. The lowest BCUT2D eigenvalue weighted by atomic mass is 10.1. The summed E-state index contributed by atoms with van der Waals surface area (Å²) >= 11 is 2.87. The van der Waals surface area contributed by atoms with Gasteiger partial charge in [0.15, 0.2) is 5.13 Å². The molecule has 1 aromatic heterocycles. The maximum absolute atomic E-state index is 13.5. The smallest absolute Gasteiger partial charge is 0.272 e. The Morgan fingerprint density at radius 3 is 2.28 bits per heavy atom. The van der Waals surface area contributed by atoms with Crippen molar-refractivity contribution in [2.45, 2.75) is 37.3 Å². The lowest BCUT2D eigenvalue weighted by molar-refractivity contribution is -0.116. The Hall–Kier alpha value is -4.99. The number of amides is 3. The molecule has 1 unspecified atom stereocenters. The molecule has 46 heavy (non-hydrogen) atoms. The fraction of sp³-hybridized carbons (Fsp3) is 0.135. The van der Waals surface area contributed by atoms with Gasteiger partial charge in [0.2, 0.25) is 5.91 Å². The first kappa shape index (κ1) is 32.4. The standard InChI is InChI=1S/C37H34N4O3S2/c1-4-32(36(44)41-37-40-33(25(3)45-37)27-15-7-5-8-16-27)46-30-20-12-19-29(23-30)38-35(43)31(22-26-14-11-13-24(2)21-26)39-34(42)28-17-9-6-10-18-28/h5-23,32H,4H2,1-3H3,(H,38,43)(H,39,42)(H,40,41,44)/b31-22+. The van der Waals surface area contributed by atoms with Gasteiger partial charge in [-0.25, -0.2) is 4.98 Å². The number of rotatable bonds is 11. The van der Waals surface area contributed by atoms with Gasteiger partial charge in [0.05, 0.1) is 10.9 Å². The molecule has 0 fully saturated rings. The molecule has 0 bridgehead atoms. The van der Waals surface area contributed by atoms with Crippen LogP contribution in [0.4, 0.5) is 10.8 Å². The van der Waals surface area contributed by atoms with E-state index in [4.69, 9.17) is 0 Å². The predicted molar refractivity (Wildman–Crippen MR) is 189 cm³/mol. The van der Waals surface area contributed by atoms with Crippen LogP contribution >= 0.6 is 23.1 Å². The molecule has 5 rings (SSSR count). The van der Waals surface area contributed by atoms with Crippen molar-refractivity contribution in [3.05, 3.63) is 136 Å². The molecule has 3 N–H and O–H groups in total. The summed E-state index contributed by atoms with van der Waals surface area (Å²) in [6, 6.07) is 33.6. The first-order valence-electron chi connectivity index (χ1n) is 14.9. The Bertz CT molecular complexity index is 1870. The van der Waals surface area contributed by atoms with Crippen molar-refractivity contribution in [1.29, 1.82) is 0 Å². The summed E-state index contributed by atoms with van der Waals surface area (Å²) in [6.45, 7) is 5.92. The monoisotopic (exact) mass is 646 g/mol. The summed E-state index contributed by atoms with van der Waals surface area (Å²) in [4.78, 5) is 46.3. The van der Waals surface area contributed by atoms with Crippen molar-refractivity contribution >= 4 is 57.7 Å². The molecule has 0 aliphatic heterocycles. The minimum absolute atomic E-state index is 0.108. The second-order valence-electron chi connectivity index (χ2n) is 10.6. The third-order valence-corrected chi connectivity index (χ3v) is 9.23. The maximum Gasteiger partial charge on any atom is 0.272 e. The van der Waals surface area contributed by atoms with E-state index in [9.17, 15) is 14.4 Å². The van der Waals surface area contributed by atoms with Gasteiger partial charge in [-0.3, -0.25) is 14.4 Å². The lowest BCUT2D eigenvalue weighted by Crippen LogP contribution is -2.30. The second-order valence-corrected chi connectivity index (χ2v) is 13.0. The molecule has 0 radical (unpaired) electrons. The van der Waals surface area contributed by atoms with E-state index >= 15 is 0 Å². The fourth-order valence-corrected chi connectivity index (χ4v) is 6.55. The van der Waals surface area contributed by atoms with Gasteiger partial charge in [-0.1, -0.05) is 91.3 Å². The van der Waals surface area contributed by atoms with Crippen LogP contribution in [0.2, 0.25) is 0 Å². The van der Waals surface area contributed by atoms with Crippen LogP contribution in [0.3, 0.4) is 0 Å². The summed E-state index contributed by atoms with van der Waals surface area (Å²) in [7, 11) is 0. The molecule has 0 saturated heterocycles. The topological polar surface area (TPSA) is 100 Å². The van der Waals surface area contributed by atoms with Gasteiger partial charge in [0.25, 0.3) is 11.8 Å². The number of carbonyl (C=O) groups is 3. The van der Waals surface area contributed by atoms with Crippen molar-refractivity contribution in [2.24, 2.45) is 0 Å². The fourth-order valence-electron chi connectivity index (χ4n) is 4.70. The minimum Gasteiger partial charge on any atom is -0.321 e. The third kappa shape index (κ3) is 8.59. The molecule has 3 amide bonds. The second kappa shape index (κ2) is 15.3. The first-order valence-corrected chi connectivity index (χ1v) is 16.5. The minimum atomic E-state index is -0.467. The molecule has 7 nitrogen and oxygen atoms in total. The number of benzene rings is 4. The average molecular weight is 647 g/mol. The highest BCUT2D eigenvalue weighted by Crippen LogP contribution is 2.32. The Labute approximate surface area is 277 Å². The molecule has 1 heterocycles. The third-order valence-electron chi connectivity index (χ3n) is 6.99. The zero-order chi connectivity index (χ0) is 32.5. The van der Waals surface area contributed by atoms with Crippen LogP contribution in [-0.2, 0) is 9.59 Å². The molecule has 0 saturated carbocycles. The molecule has 9 heteroatoms. The van der Waals surface area contributed by atoms with Crippen molar-refractivity contribution in [1.82, 2.24) is 10.3 Å². The van der Waals surface area contributed by atoms with Crippen LogP contribution in [0.15, 0.2) is 120 Å². The summed E-state index contributed by atoms with van der Waals surface area (Å²) < 4.78 is 0. The van der Waals surface area contributed by atoms with E-state index in [1.165, 1.54) is 23.1 Å². The van der Waals surface area contributed by atoms with Crippen molar-refractivity contribution in [2.75, 3.05) is 10.6 Å². The number of aryl methyl sites for hydroxylation is 2. The van der Waals surface area contributed by atoms with E-state index in [1.54, 1.807) is 36.4 Å². The molecule has 1 atom stereocenters. The number of carbonyl (C=O) groups excluding carboxylic acids is 3. The van der Waals surface area contributed by atoms with E-state index < -0.39 is 5.91 Å². The first-order chi connectivity index (χ1) is 22.3. The number of nitrogens with zero attached hydrogens (tertiary/aromatic N) is 1. The van der Waals surface area contributed by atoms with Crippen LogP contribution in [0.1, 0.15) is 39.7 Å². The summed E-state index contributed by atoms with van der Waals surface area (Å²) in [5.41, 5.74) is 4.77. The van der Waals surface area contributed by atoms with Gasteiger partial charge in [-0.15, -0.1) is 23.1 Å². The van der Waals surface area contributed by atoms with Crippen LogP contribution in [0.25, 0.3) is 17.3 Å². The largest absolute Gasteiger partial charge is 0.321 e. The Kier molecular flexibility index (Phi) is 10.8. The van der Waals surface area contributed by atoms with Crippen LogP contribution in [0, 0.1) is 13.8 Å². The van der Waals surface area contributed by atoms with Crippen molar-refractivity contribution < 1.29 is 14.4 Å². The van der Waals surface area contributed by atoms with Gasteiger partial charge in [0.1, 0.15) is 5.70 Å². The SMILES string of the molecule is CCC(Sc1cccc(NC(=O)/C(=C\c2cccc(C)c2)NC(=O)c2ccccc2)c1)C(=O)Nc1nc(-c2ccccc2)c(C)s1. The molecule has 232 valence electrons. The summed E-state index contributed by atoms with van der Waals surface area (Å²) in [5.74, 6) is -0.990. The van der Waals surface area contributed by atoms with E-state index in [0.29, 0.717) is 22.8 Å². The molecule has 5 aromatic rings. The molecule has 0 aliphatic rings. The van der Waals surface area contributed by atoms with Gasteiger partial charge >= 0.3 is 0 Å². The lowest BCUT2D eigenvalue weighted by Gasteiger charge is -2.15. The number of hydrogen-bond donors (Lipinski definition) is 3. The van der Waals surface area contributed by atoms with Gasteiger partial charge in [0, 0.05) is 26.6 Å². The quantitative estimate of drug-likeness (QED) is 0.0990. The maximum atomic E-state index is 13.5. The Morgan fingerprint density at radius 2 is 1.57 bits per heavy atom.